The van der Waals surface area contributed by atoms with Gasteiger partial charge in [0.05, 0.1) is 0 Å². The smallest absolute Gasteiger partial charge is 0.276 e. The molecule has 1 aromatic rings. The van der Waals surface area contributed by atoms with Crippen LogP contribution in [0.15, 0.2) is 12.3 Å². The predicted octanol–water partition coefficient (Wildman–Crippen LogP) is 0.550. The molecular weight excluding hydrogens is 155 g/mol. The molecule has 1 heterocycles. The highest BCUT2D eigenvalue weighted by Crippen LogP contribution is 1.97. The van der Waals surface area contributed by atoms with E-state index in [0.29, 0.717) is 0 Å². The predicted molar refractivity (Wildman–Crippen MR) is 50.9 cm³/mol. The topological polar surface area (TPSA) is 38.9 Å². The molecule has 0 aliphatic rings. The number of pyridine rings is 1. The lowest BCUT2D eigenvalue weighted by Gasteiger charge is -2.01. The van der Waals surface area contributed by atoms with Crippen molar-refractivity contribution in [1.82, 2.24) is 4.98 Å². The minimum atomic E-state index is 0.961. The maximum atomic E-state index is 5.29. The Morgan fingerprint density at radius 1 is 1.55 bits per heavy atom. The van der Waals surface area contributed by atoms with Crippen LogP contribution in [0.3, 0.4) is 0 Å². The molecule has 0 amide bonds. The second-order valence-corrected chi connectivity index (χ2v) is 2.98. The van der Waals surface area contributed by atoms with Gasteiger partial charge in [0.25, 0.3) is 6.56 Å². The molecule has 1 aromatic heterocycles. The molecule has 2 N–H and O–H groups in total. The summed E-state index contributed by atoms with van der Waals surface area (Å²) in [5.74, 6) is 0. The second-order valence-electron chi connectivity index (χ2n) is 2.47. The van der Waals surface area contributed by atoms with Crippen LogP contribution in [-0.2, 0) is 0 Å². The molecular formula is C7H10BN2S. The summed E-state index contributed by atoms with van der Waals surface area (Å²) >= 11 is 1.19. The molecule has 0 saturated heterocycles. The number of rotatable bonds is 2. The van der Waals surface area contributed by atoms with Crippen molar-refractivity contribution >= 4 is 24.0 Å². The molecule has 0 atom stereocenters. The molecule has 0 spiro atoms. The first-order chi connectivity index (χ1) is 5.24. The molecule has 0 aromatic carbocycles. The third kappa shape index (κ3) is 2.24. The van der Waals surface area contributed by atoms with E-state index in [1.54, 1.807) is 0 Å². The summed E-state index contributed by atoms with van der Waals surface area (Å²) in [4.78, 5) is 4.21. The van der Waals surface area contributed by atoms with Crippen molar-refractivity contribution in [3.63, 3.8) is 0 Å². The van der Waals surface area contributed by atoms with Crippen LogP contribution in [-0.4, -0.2) is 11.5 Å². The Bertz CT molecular complexity index is 252. The number of hydrogen-bond acceptors (Lipinski definition) is 3. The van der Waals surface area contributed by atoms with E-state index >= 15 is 0 Å². The minimum absolute atomic E-state index is 0.961. The fraction of sp³-hybridized carbons (Fsp3) is 0.286. The molecule has 0 saturated carbocycles. The normalized spacial score (nSPS) is 9.73. The Labute approximate surface area is 71.9 Å². The molecule has 1 radical (unpaired) electrons. The van der Waals surface area contributed by atoms with E-state index in [9.17, 15) is 0 Å². The zero-order valence-corrected chi connectivity index (χ0v) is 7.48. The van der Waals surface area contributed by atoms with Crippen molar-refractivity contribution in [3.05, 3.63) is 23.4 Å². The molecule has 0 bridgehead atoms. The van der Waals surface area contributed by atoms with E-state index in [0.717, 1.165) is 5.59 Å². The van der Waals surface area contributed by atoms with Crippen molar-refractivity contribution in [2.75, 3.05) is 0 Å². The van der Waals surface area contributed by atoms with Gasteiger partial charge in [0.1, 0.15) is 0 Å². The molecule has 2 nitrogen and oxygen atoms in total. The highest BCUT2D eigenvalue weighted by molar-refractivity contribution is 8.21. The third-order valence-corrected chi connectivity index (χ3v) is 1.79. The van der Waals surface area contributed by atoms with E-state index in [1.165, 1.54) is 22.9 Å². The van der Waals surface area contributed by atoms with Gasteiger partial charge in [-0.3, -0.25) is 10.1 Å². The van der Waals surface area contributed by atoms with Crippen LogP contribution in [0, 0.1) is 13.8 Å². The lowest BCUT2D eigenvalue weighted by molar-refractivity contribution is 1.27. The molecule has 1 rings (SSSR count). The van der Waals surface area contributed by atoms with Gasteiger partial charge < -0.3 is 0 Å². The van der Waals surface area contributed by atoms with Crippen molar-refractivity contribution < 1.29 is 0 Å². The fourth-order valence-corrected chi connectivity index (χ4v) is 1.29. The lowest BCUT2D eigenvalue weighted by Crippen LogP contribution is -2.20. The number of nitrogens with zero attached hydrogens (tertiary/aromatic N) is 1. The van der Waals surface area contributed by atoms with E-state index in [-0.39, 0.29) is 0 Å². The summed E-state index contributed by atoms with van der Waals surface area (Å²) in [6.45, 7) is 5.90. The van der Waals surface area contributed by atoms with Gasteiger partial charge in [0, 0.05) is 11.8 Å². The maximum absolute atomic E-state index is 5.29. The van der Waals surface area contributed by atoms with Crippen LogP contribution in [0.1, 0.15) is 11.1 Å². The quantitative estimate of drug-likeness (QED) is 0.513. The van der Waals surface area contributed by atoms with Gasteiger partial charge in [-0.15, -0.1) is 11.8 Å². The summed E-state index contributed by atoms with van der Waals surface area (Å²) in [6, 6.07) is 2.09. The largest absolute Gasteiger partial charge is 0.287 e. The third-order valence-electron chi connectivity index (χ3n) is 1.44. The first kappa shape index (κ1) is 8.62. The number of aromatic nitrogens is 1. The van der Waals surface area contributed by atoms with Gasteiger partial charge >= 0.3 is 0 Å². The van der Waals surface area contributed by atoms with Gasteiger partial charge in [0.15, 0.2) is 0 Å². The van der Waals surface area contributed by atoms with Crippen LogP contribution < -0.4 is 10.7 Å². The highest BCUT2D eigenvalue weighted by atomic mass is 32.2. The SMILES string of the molecule is Cc1cnc([B]SN)c(C)c1. The molecule has 0 aliphatic heterocycles. The molecule has 57 valence electrons. The Morgan fingerprint density at radius 2 is 2.27 bits per heavy atom. The fourth-order valence-electron chi connectivity index (χ4n) is 0.914. The lowest BCUT2D eigenvalue weighted by atomic mass is 9.96. The van der Waals surface area contributed by atoms with Gasteiger partial charge in [-0.2, -0.15) is 0 Å². The zero-order valence-electron chi connectivity index (χ0n) is 6.66. The van der Waals surface area contributed by atoms with Gasteiger partial charge in [-0.05, 0) is 25.0 Å². The summed E-state index contributed by atoms with van der Waals surface area (Å²) < 4.78 is 0. The average molecular weight is 165 g/mol. The summed E-state index contributed by atoms with van der Waals surface area (Å²) in [6.07, 6.45) is 1.84. The Hall–Kier alpha value is -0.475. The second kappa shape index (κ2) is 3.78. The van der Waals surface area contributed by atoms with Gasteiger partial charge in [-0.1, -0.05) is 6.07 Å². The summed E-state index contributed by atoms with van der Waals surface area (Å²) in [5, 5.41) is 5.29. The van der Waals surface area contributed by atoms with Gasteiger partial charge in [0.2, 0.25) is 0 Å². The maximum Gasteiger partial charge on any atom is 0.276 e. The molecule has 0 aliphatic carbocycles. The summed E-state index contributed by atoms with van der Waals surface area (Å²) in [7, 11) is 0. The minimum Gasteiger partial charge on any atom is -0.287 e. The van der Waals surface area contributed by atoms with Crippen molar-refractivity contribution in [2.45, 2.75) is 13.8 Å². The van der Waals surface area contributed by atoms with Crippen LogP contribution in [0.2, 0.25) is 0 Å². The molecule has 11 heavy (non-hydrogen) atoms. The Morgan fingerprint density at radius 3 is 2.82 bits per heavy atom. The van der Waals surface area contributed by atoms with E-state index in [1.807, 2.05) is 26.6 Å². The van der Waals surface area contributed by atoms with E-state index < -0.39 is 0 Å². The summed E-state index contributed by atoms with van der Waals surface area (Å²) in [5.41, 5.74) is 3.31. The Balaban J connectivity index is 2.90. The molecule has 4 heteroatoms. The van der Waals surface area contributed by atoms with Crippen molar-refractivity contribution in [1.29, 1.82) is 0 Å². The van der Waals surface area contributed by atoms with Crippen LogP contribution in [0.5, 0.6) is 0 Å². The van der Waals surface area contributed by atoms with Crippen molar-refractivity contribution in [2.24, 2.45) is 5.14 Å². The van der Waals surface area contributed by atoms with E-state index in [2.05, 4.69) is 11.1 Å². The number of hydrogen-bond donors (Lipinski definition) is 1. The number of nitrogens with two attached hydrogens (primary N) is 1. The zero-order chi connectivity index (χ0) is 8.27. The standard InChI is InChI=1S/C7H10BN2S/c1-5-3-6(2)7(8-11-9)10-4-5/h3-4H,9H2,1-2H3. The molecule has 0 fully saturated rings. The van der Waals surface area contributed by atoms with E-state index in [4.69, 9.17) is 5.14 Å². The number of aryl methyl sites for hydroxylation is 2. The van der Waals surface area contributed by atoms with Crippen molar-refractivity contribution in [3.8, 4) is 0 Å². The van der Waals surface area contributed by atoms with Crippen LogP contribution in [0.25, 0.3) is 0 Å². The van der Waals surface area contributed by atoms with Crippen LogP contribution in [0.4, 0.5) is 0 Å². The first-order valence-electron chi connectivity index (χ1n) is 3.36. The van der Waals surface area contributed by atoms with Crippen LogP contribution >= 0.6 is 11.8 Å². The first-order valence-corrected chi connectivity index (χ1v) is 4.30. The monoisotopic (exact) mass is 165 g/mol. The highest BCUT2D eigenvalue weighted by Gasteiger charge is 2.00. The van der Waals surface area contributed by atoms with Gasteiger partial charge in [-0.25, -0.2) is 0 Å². The average Bonchev–Trinajstić information content (AvgIpc) is 1.95. The molecule has 0 unspecified atom stereocenters. The Kier molecular flexibility index (Phi) is 2.97.